The van der Waals surface area contributed by atoms with E-state index in [1.54, 1.807) is 18.3 Å². The van der Waals surface area contributed by atoms with Crippen molar-refractivity contribution in [2.45, 2.75) is 52.4 Å². The fraction of sp³-hybridized carbons (Fsp3) is 0.364. The number of nitrogens with one attached hydrogen (secondary N) is 1. The minimum atomic E-state index is -0.409. The lowest BCUT2D eigenvalue weighted by Crippen LogP contribution is -2.19. The summed E-state index contributed by atoms with van der Waals surface area (Å²) in [5.41, 5.74) is 4.76. The highest BCUT2D eigenvalue weighted by atomic mass is 16.3. The summed E-state index contributed by atoms with van der Waals surface area (Å²) < 4.78 is 0. The van der Waals surface area contributed by atoms with Crippen LogP contribution in [0.3, 0.4) is 0 Å². The van der Waals surface area contributed by atoms with Gasteiger partial charge in [-0.1, -0.05) is 47.6 Å². The van der Waals surface area contributed by atoms with E-state index in [1.165, 1.54) is 12.1 Å². The van der Waals surface area contributed by atoms with Crippen LogP contribution in [0.4, 0.5) is 0 Å². The van der Waals surface area contributed by atoms with Crippen LogP contribution < -0.4 is 5.43 Å². The molecule has 0 saturated carbocycles. The first-order valence-electron chi connectivity index (χ1n) is 8.90. The van der Waals surface area contributed by atoms with Gasteiger partial charge in [-0.3, -0.25) is 4.79 Å². The summed E-state index contributed by atoms with van der Waals surface area (Å²) in [5, 5.41) is 24.2. The third-order valence-corrected chi connectivity index (χ3v) is 4.24. The predicted octanol–water partition coefficient (Wildman–Crippen LogP) is 4.46. The molecule has 0 unspecified atom stereocenters. The van der Waals surface area contributed by atoms with E-state index in [0.29, 0.717) is 11.3 Å². The second kappa shape index (κ2) is 7.43. The fourth-order valence-electron chi connectivity index (χ4n) is 2.75. The van der Waals surface area contributed by atoms with Crippen molar-refractivity contribution < 1.29 is 15.0 Å². The Balaban J connectivity index is 2.32. The van der Waals surface area contributed by atoms with Gasteiger partial charge in [-0.25, -0.2) is 5.43 Å². The van der Waals surface area contributed by atoms with E-state index < -0.39 is 5.91 Å². The van der Waals surface area contributed by atoms with Crippen LogP contribution in [-0.4, -0.2) is 22.3 Å². The minimum absolute atomic E-state index is 0.0230. The Hall–Kier alpha value is -2.82. The molecule has 2 rings (SSSR count). The average Bonchev–Trinajstić information content (AvgIpc) is 2.53. The Bertz CT molecular complexity index is 837. The Kier molecular flexibility index (Phi) is 5.64. The molecule has 1 amide bonds. The summed E-state index contributed by atoms with van der Waals surface area (Å²) >= 11 is 0. The highest BCUT2D eigenvalue weighted by Gasteiger charge is 2.26. The van der Waals surface area contributed by atoms with Crippen LogP contribution in [0.2, 0.25) is 0 Å². The van der Waals surface area contributed by atoms with E-state index >= 15 is 0 Å². The van der Waals surface area contributed by atoms with Gasteiger partial charge < -0.3 is 10.2 Å². The van der Waals surface area contributed by atoms with Crippen molar-refractivity contribution in [3.8, 4) is 11.5 Å². The van der Waals surface area contributed by atoms with Crippen LogP contribution in [0.1, 0.15) is 68.6 Å². The Labute approximate surface area is 160 Å². The van der Waals surface area contributed by atoms with Gasteiger partial charge in [0.05, 0.1) is 6.21 Å². The molecule has 0 heterocycles. The normalized spacial score (nSPS) is 12.4. The third kappa shape index (κ3) is 5.09. The molecule has 5 nitrogen and oxygen atoms in total. The van der Waals surface area contributed by atoms with E-state index in [-0.39, 0.29) is 16.6 Å². The summed E-state index contributed by atoms with van der Waals surface area (Å²) in [4.78, 5) is 12.1. The number of amides is 1. The molecule has 3 N–H and O–H groups in total. The zero-order valence-electron chi connectivity index (χ0n) is 16.8. The Morgan fingerprint density at radius 2 is 1.52 bits per heavy atom. The zero-order valence-corrected chi connectivity index (χ0v) is 16.8. The molecule has 27 heavy (non-hydrogen) atoms. The fourth-order valence-corrected chi connectivity index (χ4v) is 2.75. The van der Waals surface area contributed by atoms with Crippen molar-refractivity contribution in [2.75, 3.05) is 0 Å². The molecule has 0 aliphatic heterocycles. The molecule has 0 atom stereocenters. The lowest BCUT2D eigenvalue weighted by Gasteiger charge is -2.27. The van der Waals surface area contributed by atoms with Crippen LogP contribution >= 0.6 is 0 Å². The largest absolute Gasteiger partial charge is 0.508 e. The number of rotatable bonds is 3. The SMILES string of the molecule is CC(C)(C)c1cc(C=NNC(=O)c2cccc(O)c2)cc(C(C)(C)C)c1O. The van der Waals surface area contributed by atoms with Crippen molar-refractivity contribution in [2.24, 2.45) is 5.10 Å². The highest BCUT2D eigenvalue weighted by molar-refractivity contribution is 5.95. The summed E-state index contributed by atoms with van der Waals surface area (Å²) in [7, 11) is 0. The van der Waals surface area contributed by atoms with Crippen molar-refractivity contribution in [3.63, 3.8) is 0 Å². The van der Waals surface area contributed by atoms with E-state index in [2.05, 4.69) is 10.5 Å². The van der Waals surface area contributed by atoms with Gasteiger partial charge in [0.1, 0.15) is 11.5 Å². The number of carbonyl (C=O) groups is 1. The number of carbonyl (C=O) groups excluding carboxylic acids is 1. The summed E-state index contributed by atoms with van der Waals surface area (Å²) in [6.45, 7) is 12.2. The van der Waals surface area contributed by atoms with Gasteiger partial charge in [0.2, 0.25) is 0 Å². The number of aromatic hydroxyl groups is 2. The molecule has 2 aromatic rings. The Morgan fingerprint density at radius 3 is 2.00 bits per heavy atom. The van der Waals surface area contributed by atoms with Crippen molar-refractivity contribution in [1.82, 2.24) is 5.43 Å². The minimum Gasteiger partial charge on any atom is -0.508 e. The predicted molar refractivity (Wildman–Crippen MR) is 109 cm³/mol. The molecule has 5 heteroatoms. The van der Waals surface area contributed by atoms with Gasteiger partial charge in [0.15, 0.2) is 0 Å². The smallest absolute Gasteiger partial charge is 0.271 e. The maximum absolute atomic E-state index is 12.1. The van der Waals surface area contributed by atoms with Crippen molar-refractivity contribution in [3.05, 3.63) is 58.7 Å². The number of phenolic OH excluding ortho intramolecular Hbond substituents is 2. The maximum atomic E-state index is 12.1. The van der Waals surface area contributed by atoms with Crippen LogP contribution in [0.5, 0.6) is 11.5 Å². The molecular weight excluding hydrogens is 340 g/mol. The van der Waals surface area contributed by atoms with Crippen LogP contribution in [0, 0.1) is 0 Å². The van der Waals surface area contributed by atoms with E-state index in [9.17, 15) is 15.0 Å². The van der Waals surface area contributed by atoms with Gasteiger partial charge in [0, 0.05) is 16.7 Å². The second-order valence-corrected chi connectivity index (χ2v) is 8.71. The first-order valence-corrected chi connectivity index (χ1v) is 8.90. The molecule has 0 radical (unpaired) electrons. The number of phenols is 2. The monoisotopic (exact) mass is 368 g/mol. The van der Waals surface area contributed by atoms with Crippen molar-refractivity contribution >= 4 is 12.1 Å². The molecule has 0 aliphatic rings. The van der Waals surface area contributed by atoms with Crippen LogP contribution in [-0.2, 0) is 10.8 Å². The van der Waals surface area contributed by atoms with Crippen LogP contribution in [0.15, 0.2) is 41.5 Å². The number of benzene rings is 2. The highest BCUT2D eigenvalue weighted by Crippen LogP contribution is 2.39. The average molecular weight is 368 g/mol. The summed E-state index contributed by atoms with van der Waals surface area (Å²) in [6, 6.07) is 9.84. The first kappa shape index (κ1) is 20.5. The number of nitrogens with zero attached hydrogens (tertiary/aromatic N) is 1. The molecule has 0 spiro atoms. The molecule has 0 saturated heterocycles. The number of hydrogen-bond acceptors (Lipinski definition) is 4. The molecular formula is C22H28N2O3. The maximum Gasteiger partial charge on any atom is 0.271 e. The van der Waals surface area contributed by atoms with Gasteiger partial charge in [-0.15, -0.1) is 0 Å². The van der Waals surface area contributed by atoms with Gasteiger partial charge >= 0.3 is 0 Å². The summed E-state index contributed by atoms with van der Waals surface area (Å²) in [6.07, 6.45) is 1.56. The molecule has 0 aromatic heterocycles. The van der Waals surface area contributed by atoms with Crippen LogP contribution in [0.25, 0.3) is 0 Å². The Morgan fingerprint density at radius 1 is 0.963 bits per heavy atom. The molecule has 2 aromatic carbocycles. The molecule has 0 aliphatic carbocycles. The van der Waals surface area contributed by atoms with Crippen molar-refractivity contribution in [1.29, 1.82) is 0 Å². The van der Waals surface area contributed by atoms with Gasteiger partial charge in [-0.2, -0.15) is 5.10 Å². The quantitative estimate of drug-likeness (QED) is 0.553. The summed E-state index contributed by atoms with van der Waals surface area (Å²) in [5.74, 6) is -0.0845. The van der Waals surface area contributed by atoms with E-state index in [1.807, 2.05) is 53.7 Å². The first-order chi connectivity index (χ1) is 12.4. The van der Waals surface area contributed by atoms with E-state index in [0.717, 1.165) is 16.7 Å². The van der Waals surface area contributed by atoms with Gasteiger partial charge in [-0.05, 0) is 46.7 Å². The topological polar surface area (TPSA) is 81.9 Å². The second-order valence-electron chi connectivity index (χ2n) is 8.71. The lowest BCUT2D eigenvalue weighted by atomic mass is 9.78. The number of hydrogen-bond donors (Lipinski definition) is 3. The standard InChI is InChI=1S/C22H28N2O3/c1-21(2,3)17-10-14(11-18(19(17)26)22(4,5)6)13-23-24-20(27)15-8-7-9-16(25)12-15/h7-13,25-26H,1-6H3,(H,24,27). The number of hydrazone groups is 1. The lowest BCUT2D eigenvalue weighted by molar-refractivity contribution is 0.0954. The van der Waals surface area contributed by atoms with Gasteiger partial charge in [0.25, 0.3) is 5.91 Å². The molecule has 144 valence electrons. The third-order valence-electron chi connectivity index (χ3n) is 4.24. The van der Waals surface area contributed by atoms with E-state index in [4.69, 9.17) is 0 Å². The molecule has 0 fully saturated rings. The molecule has 0 bridgehead atoms. The zero-order chi connectivity index (χ0) is 20.4.